The predicted octanol–water partition coefficient (Wildman–Crippen LogP) is 2.46. The van der Waals surface area contributed by atoms with Gasteiger partial charge in [-0.3, -0.25) is 0 Å². The molecule has 0 radical (unpaired) electrons. The summed E-state index contributed by atoms with van der Waals surface area (Å²) in [5.74, 6) is -2.88. The average Bonchev–Trinajstić information content (AvgIpc) is 2.02. The van der Waals surface area contributed by atoms with Gasteiger partial charge in [-0.1, -0.05) is 0 Å². The molecule has 0 amide bonds. The van der Waals surface area contributed by atoms with E-state index < -0.39 is 29.5 Å². The first kappa shape index (κ1) is 11.2. The van der Waals surface area contributed by atoms with Gasteiger partial charge in [0.05, 0.1) is 5.56 Å². The van der Waals surface area contributed by atoms with Gasteiger partial charge in [0, 0.05) is 0 Å². The Labute approximate surface area is 90.1 Å². The first-order valence-electron chi connectivity index (χ1n) is 3.31. The Kier molecular flexibility index (Phi) is 3.29. The molecule has 0 aromatic carbocycles. The molecular weight excluding hydrogens is 314 g/mol. The Bertz CT molecular complexity index is 383. The third-order valence-electron chi connectivity index (χ3n) is 1.42. The van der Waals surface area contributed by atoms with Crippen molar-refractivity contribution in [3.05, 3.63) is 26.8 Å². The summed E-state index contributed by atoms with van der Waals surface area (Å²) in [4.78, 5) is 13.5. The number of carboxylic acid groups (broad SMARTS) is 1. The van der Waals surface area contributed by atoms with E-state index in [0.29, 0.717) is 6.07 Å². The Balaban J connectivity index is 3.34. The molecule has 1 rings (SSSR count). The van der Waals surface area contributed by atoms with Gasteiger partial charge in [-0.25, -0.2) is 18.6 Å². The molecule has 7 heteroatoms. The molecule has 0 fully saturated rings. The smallest absolute Gasteiger partial charge is 0.340 e. The Morgan fingerprint density at radius 1 is 1.57 bits per heavy atom. The third kappa shape index (κ3) is 2.14. The van der Waals surface area contributed by atoms with Crippen LogP contribution in [0.25, 0.3) is 0 Å². The Morgan fingerprint density at radius 3 is 2.57 bits per heavy atom. The molecule has 3 nitrogen and oxygen atoms in total. The number of carbonyl (C=O) groups is 1. The molecule has 0 spiro atoms. The number of pyridine rings is 1. The van der Waals surface area contributed by atoms with Gasteiger partial charge >= 0.3 is 5.97 Å². The second kappa shape index (κ2) is 4.11. The van der Waals surface area contributed by atoms with Gasteiger partial charge in [0.2, 0.25) is 5.95 Å². The Hall–Kier alpha value is -0.860. The average molecular weight is 317 g/mol. The van der Waals surface area contributed by atoms with E-state index in [4.69, 9.17) is 5.11 Å². The molecule has 1 heterocycles. The van der Waals surface area contributed by atoms with Crippen LogP contribution in [0.15, 0.2) is 6.07 Å². The van der Waals surface area contributed by atoms with Crippen molar-refractivity contribution in [3.63, 3.8) is 0 Å². The number of aromatic carboxylic acids is 1. The van der Waals surface area contributed by atoms with E-state index in [-0.39, 0.29) is 3.70 Å². The van der Waals surface area contributed by atoms with Gasteiger partial charge in [-0.05, 0) is 28.7 Å². The van der Waals surface area contributed by atoms with E-state index in [2.05, 4.69) is 4.98 Å². The minimum atomic E-state index is -2.87. The number of hydrogen-bond donors (Lipinski definition) is 1. The maximum atomic E-state index is 12.8. The zero-order valence-electron chi connectivity index (χ0n) is 6.47. The molecule has 76 valence electrons. The lowest BCUT2D eigenvalue weighted by Gasteiger charge is -2.04. The molecule has 1 aromatic rings. The van der Waals surface area contributed by atoms with Crippen LogP contribution in [0.4, 0.5) is 13.2 Å². The van der Waals surface area contributed by atoms with Gasteiger partial charge in [0.25, 0.3) is 6.43 Å². The predicted molar refractivity (Wildman–Crippen MR) is 48.8 cm³/mol. The standard InChI is InChI=1S/C7H3F3INO2/c8-4(9)2-1-3(7(13)14)5(10)12-6(2)11/h1,4H,(H,13,14). The summed E-state index contributed by atoms with van der Waals surface area (Å²) >= 11 is 1.42. The van der Waals surface area contributed by atoms with Crippen molar-refractivity contribution in [3.8, 4) is 0 Å². The monoisotopic (exact) mass is 317 g/mol. The lowest BCUT2D eigenvalue weighted by Crippen LogP contribution is -2.07. The van der Waals surface area contributed by atoms with Crippen molar-refractivity contribution in [2.75, 3.05) is 0 Å². The zero-order valence-corrected chi connectivity index (χ0v) is 8.63. The molecular formula is C7H3F3INO2. The van der Waals surface area contributed by atoms with E-state index in [1.165, 1.54) is 22.6 Å². The molecule has 0 saturated carbocycles. The summed E-state index contributed by atoms with van der Waals surface area (Å²) in [6, 6.07) is 0.594. The Morgan fingerprint density at radius 2 is 2.14 bits per heavy atom. The number of halogens is 4. The molecule has 1 aromatic heterocycles. The number of nitrogens with zero attached hydrogens (tertiary/aromatic N) is 1. The van der Waals surface area contributed by atoms with Gasteiger partial charge < -0.3 is 5.11 Å². The van der Waals surface area contributed by atoms with Crippen molar-refractivity contribution in [2.45, 2.75) is 6.43 Å². The number of aromatic nitrogens is 1. The summed E-state index contributed by atoms with van der Waals surface area (Å²) in [5.41, 5.74) is -1.43. The molecule has 0 aliphatic heterocycles. The van der Waals surface area contributed by atoms with Crippen LogP contribution in [0.2, 0.25) is 0 Å². The molecule has 14 heavy (non-hydrogen) atoms. The van der Waals surface area contributed by atoms with Crippen molar-refractivity contribution in [2.24, 2.45) is 0 Å². The van der Waals surface area contributed by atoms with E-state index >= 15 is 0 Å². The quantitative estimate of drug-likeness (QED) is 0.673. The highest BCUT2D eigenvalue weighted by atomic mass is 127. The van der Waals surface area contributed by atoms with Gasteiger partial charge in [0.1, 0.15) is 9.26 Å². The van der Waals surface area contributed by atoms with Crippen LogP contribution in [-0.4, -0.2) is 16.1 Å². The molecule has 0 bridgehead atoms. The summed E-state index contributed by atoms with van der Waals surface area (Å²) in [6.45, 7) is 0. The highest BCUT2D eigenvalue weighted by Gasteiger charge is 2.20. The summed E-state index contributed by atoms with van der Waals surface area (Å²) in [5, 5.41) is 8.44. The topological polar surface area (TPSA) is 50.2 Å². The number of hydrogen-bond acceptors (Lipinski definition) is 2. The molecule has 1 N–H and O–H groups in total. The van der Waals surface area contributed by atoms with Crippen LogP contribution in [0, 0.1) is 9.65 Å². The van der Waals surface area contributed by atoms with Crippen LogP contribution >= 0.6 is 22.6 Å². The van der Waals surface area contributed by atoms with Crippen molar-refractivity contribution in [1.82, 2.24) is 4.98 Å². The van der Waals surface area contributed by atoms with E-state index in [1.54, 1.807) is 0 Å². The fourth-order valence-corrected chi connectivity index (χ4v) is 1.39. The fourth-order valence-electron chi connectivity index (χ4n) is 0.789. The highest BCUT2D eigenvalue weighted by molar-refractivity contribution is 14.1. The zero-order chi connectivity index (χ0) is 10.9. The van der Waals surface area contributed by atoms with Crippen LogP contribution in [0.3, 0.4) is 0 Å². The summed E-state index contributed by atoms with van der Waals surface area (Å²) in [6.07, 6.45) is -2.87. The number of carboxylic acids is 1. The lowest BCUT2D eigenvalue weighted by molar-refractivity contribution is 0.0690. The molecule has 0 unspecified atom stereocenters. The number of alkyl halides is 2. The molecule has 0 atom stereocenters. The fraction of sp³-hybridized carbons (Fsp3) is 0.143. The van der Waals surface area contributed by atoms with Gasteiger partial charge in [0.15, 0.2) is 0 Å². The van der Waals surface area contributed by atoms with E-state index in [9.17, 15) is 18.0 Å². The van der Waals surface area contributed by atoms with Crippen LogP contribution < -0.4 is 0 Å². The molecule has 0 aliphatic rings. The minimum absolute atomic E-state index is 0.236. The minimum Gasteiger partial charge on any atom is -0.478 e. The third-order valence-corrected chi connectivity index (χ3v) is 2.29. The SMILES string of the molecule is O=C(O)c1cc(C(F)F)c(I)nc1F. The normalized spacial score (nSPS) is 10.6. The van der Waals surface area contributed by atoms with Gasteiger partial charge in [-0.2, -0.15) is 4.39 Å². The number of rotatable bonds is 2. The van der Waals surface area contributed by atoms with Crippen LogP contribution in [-0.2, 0) is 0 Å². The first-order chi connectivity index (χ1) is 6.43. The van der Waals surface area contributed by atoms with Crippen molar-refractivity contribution < 1.29 is 23.1 Å². The summed E-state index contributed by atoms with van der Waals surface area (Å²) in [7, 11) is 0. The second-order valence-electron chi connectivity index (χ2n) is 2.31. The van der Waals surface area contributed by atoms with Crippen LogP contribution in [0.1, 0.15) is 22.3 Å². The second-order valence-corrected chi connectivity index (χ2v) is 3.33. The van der Waals surface area contributed by atoms with Crippen molar-refractivity contribution >= 4 is 28.6 Å². The first-order valence-corrected chi connectivity index (χ1v) is 4.38. The lowest BCUT2D eigenvalue weighted by atomic mass is 10.2. The molecule has 0 saturated heterocycles. The van der Waals surface area contributed by atoms with E-state index in [0.717, 1.165) is 0 Å². The van der Waals surface area contributed by atoms with Gasteiger partial charge in [-0.15, -0.1) is 0 Å². The summed E-state index contributed by atoms with van der Waals surface area (Å²) < 4.78 is 37.1. The molecule has 0 aliphatic carbocycles. The van der Waals surface area contributed by atoms with E-state index in [1.807, 2.05) is 0 Å². The maximum Gasteiger partial charge on any atom is 0.340 e. The van der Waals surface area contributed by atoms with Crippen molar-refractivity contribution in [1.29, 1.82) is 0 Å². The maximum absolute atomic E-state index is 12.8. The largest absolute Gasteiger partial charge is 0.478 e. The highest BCUT2D eigenvalue weighted by Crippen LogP contribution is 2.24. The van der Waals surface area contributed by atoms with Crippen LogP contribution in [0.5, 0.6) is 0 Å².